The van der Waals surface area contributed by atoms with Crippen molar-refractivity contribution in [3.05, 3.63) is 24.4 Å². The molecule has 10 heteroatoms. The van der Waals surface area contributed by atoms with E-state index in [0.29, 0.717) is 71.2 Å². The first-order valence-electron chi connectivity index (χ1n) is 12.1. The minimum atomic E-state index is -0.938. The van der Waals surface area contributed by atoms with E-state index in [0.717, 1.165) is 0 Å². The molecule has 0 spiro atoms. The standard InChI is InChI=1S/C25H43N3O7/c1-19(21(3)32-6)18-35-25(4,5)24(31)27-12-15-34-17-16-33-14-11-26-22(29)8-7-13-28-20(2)9-10-23(28)30/h9-10,19,21H,2,7-8,11-18H2,1,3-6H3,(H,26,29)(H,27,31). The molecule has 35 heavy (non-hydrogen) atoms. The highest BCUT2D eigenvalue weighted by Crippen LogP contribution is 2.15. The predicted octanol–water partition coefficient (Wildman–Crippen LogP) is 1.41. The molecule has 0 aromatic heterocycles. The van der Waals surface area contributed by atoms with E-state index in [1.54, 1.807) is 31.9 Å². The molecule has 0 saturated heterocycles. The second-order valence-corrected chi connectivity index (χ2v) is 8.99. The Labute approximate surface area is 209 Å². The van der Waals surface area contributed by atoms with Gasteiger partial charge in [0.2, 0.25) is 5.91 Å². The van der Waals surface area contributed by atoms with Crippen LogP contribution >= 0.6 is 0 Å². The zero-order valence-electron chi connectivity index (χ0n) is 21.9. The summed E-state index contributed by atoms with van der Waals surface area (Å²) in [4.78, 5) is 37.3. The normalized spacial score (nSPS) is 15.4. The molecule has 200 valence electrons. The van der Waals surface area contributed by atoms with Crippen LogP contribution < -0.4 is 10.6 Å². The summed E-state index contributed by atoms with van der Waals surface area (Å²) in [5.41, 5.74) is -0.281. The number of ether oxygens (including phenoxy) is 4. The van der Waals surface area contributed by atoms with Crippen LogP contribution in [0.1, 0.15) is 40.5 Å². The van der Waals surface area contributed by atoms with E-state index in [2.05, 4.69) is 17.2 Å². The lowest BCUT2D eigenvalue weighted by Crippen LogP contribution is -2.46. The van der Waals surface area contributed by atoms with Crippen LogP contribution in [-0.4, -0.2) is 94.1 Å². The largest absolute Gasteiger partial charge is 0.381 e. The van der Waals surface area contributed by atoms with Gasteiger partial charge < -0.3 is 34.5 Å². The van der Waals surface area contributed by atoms with Gasteiger partial charge in [0.25, 0.3) is 11.8 Å². The Kier molecular flexibility index (Phi) is 14.4. The number of nitrogens with one attached hydrogen (secondary N) is 2. The number of carbonyl (C=O) groups is 3. The molecule has 0 radical (unpaired) electrons. The molecule has 2 N–H and O–H groups in total. The van der Waals surface area contributed by atoms with Crippen LogP contribution in [0.15, 0.2) is 24.4 Å². The van der Waals surface area contributed by atoms with Crippen molar-refractivity contribution in [3.63, 3.8) is 0 Å². The van der Waals surface area contributed by atoms with Crippen molar-refractivity contribution in [2.45, 2.75) is 52.2 Å². The Morgan fingerprint density at radius 1 is 1.06 bits per heavy atom. The quantitative estimate of drug-likeness (QED) is 0.259. The van der Waals surface area contributed by atoms with Crippen LogP contribution in [0.25, 0.3) is 0 Å². The van der Waals surface area contributed by atoms with Crippen LogP contribution in [0.5, 0.6) is 0 Å². The number of amides is 3. The summed E-state index contributed by atoms with van der Waals surface area (Å²) >= 11 is 0. The zero-order chi connectivity index (χ0) is 26.3. The Morgan fingerprint density at radius 2 is 1.69 bits per heavy atom. The molecule has 1 aliphatic rings. The molecule has 1 heterocycles. The maximum atomic E-state index is 12.3. The molecule has 1 rings (SSSR count). The van der Waals surface area contributed by atoms with Crippen molar-refractivity contribution in [1.29, 1.82) is 0 Å². The van der Waals surface area contributed by atoms with Gasteiger partial charge in [-0.2, -0.15) is 0 Å². The van der Waals surface area contributed by atoms with Gasteiger partial charge in [0, 0.05) is 50.9 Å². The van der Waals surface area contributed by atoms with E-state index < -0.39 is 5.60 Å². The highest BCUT2D eigenvalue weighted by atomic mass is 16.5. The fourth-order valence-electron chi connectivity index (χ4n) is 3.04. The van der Waals surface area contributed by atoms with Gasteiger partial charge in [-0.3, -0.25) is 14.4 Å². The van der Waals surface area contributed by atoms with Gasteiger partial charge in [-0.05, 0) is 33.3 Å². The number of rotatable bonds is 19. The SMILES string of the molecule is C=C1C=CC(=O)N1CCCC(=O)NCCOCCOCCNC(=O)C(C)(C)OCC(C)C(C)OC. The van der Waals surface area contributed by atoms with Gasteiger partial charge in [-0.1, -0.05) is 13.5 Å². The predicted molar refractivity (Wildman–Crippen MR) is 133 cm³/mol. The second-order valence-electron chi connectivity index (χ2n) is 8.99. The lowest BCUT2D eigenvalue weighted by Gasteiger charge is -2.27. The molecule has 0 aromatic rings. The molecule has 0 aromatic carbocycles. The van der Waals surface area contributed by atoms with Crippen molar-refractivity contribution in [1.82, 2.24) is 15.5 Å². The molecule has 2 unspecified atom stereocenters. The summed E-state index contributed by atoms with van der Waals surface area (Å²) in [6, 6.07) is 0. The van der Waals surface area contributed by atoms with Crippen molar-refractivity contribution in [2.24, 2.45) is 5.92 Å². The summed E-state index contributed by atoms with van der Waals surface area (Å²) in [7, 11) is 1.65. The molecule has 2 atom stereocenters. The first-order chi connectivity index (χ1) is 16.6. The van der Waals surface area contributed by atoms with E-state index in [-0.39, 0.29) is 29.7 Å². The molecule has 0 aliphatic carbocycles. The summed E-state index contributed by atoms with van der Waals surface area (Å²) in [6.45, 7) is 14.4. The van der Waals surface area contributed by atoms with Crippen LogP contribution in [0.2, 0.25) is 0 Å². The lowest BCUT2D eigenvalue weighted by molar-refractivity contribution is -0.146. The Bertz CT molecular complexity index is 706. The van der Waals surface area contributed by atoms with E-state index in [4.69, 9.17) is 18.9 Å². The highest BCUT2D eigenvalue weighted by Gasteiger charge is 2.29. The summed E-state index contributed by atoms with van der Waals surface area (Å²) in [5.74, 6) is -0.196. The third kappa shape index (κ3) is 12.3. The summed E-state index contributed by atoms with van der Waals surface area (Å²) in [6.07, 6.45) is 4.10. The summed E-state index contributed by atoms with van der Waals surface area (Å²) < 4.78 is 21.9. The van der Waals surface area contributed by atoms with Gasteiger partial charge in [-0.25, -0.2) is 0 Å². The first-order valence-corrected chi connectivity index (χ1v) is 12.1. The molecular formula is C25H43N3O7. The fourth-order valence-corrected chi connectivity index (χ4v) is 3.04. The molecule has 0 fully saturated rings. The van der Waals surface area contributed by atoms with Crippen molar-refractivity contribution < 1.29 is 33.3 Å². The van der Waals surface area contributed by atoms with Crippen LogP contribution in [0.4, 0.5) is 0 Å². The number of methoxy groups -OCH3 is 1. The maximum Gasteiger partial charge on any atom is 0.251 e. The van der Waals surface area contributed by atoms with E-state index in [1.807, 2.05) is 13.8 Å². The van der Waals surface area contributed by atoms with Crippen LogP contribution in [0.3, 0.4) is 0 Å². The fraction of sp³-hybridized carbons (Fsp3) is 0.720. The summed E-state index contributed by atoms with van der Waals surface area (Å²) in [5, 5.41) is 5.60. The Balaban J connectivity index is 1.97. The second kappa shape index (κ2) is 16.4. The van der Waals surface area contributed by atoms with Crippen molar-refractivity contribution in [3.8, 4) is 0 Å². The Hall–Kier alpha value is -2.27. The minimum Gasteiger partial charge on any atom is -0.381 e. The number of allylic oxidation sites excluding steroid dienone is 1. The van der Waals surface area contributed by atoms with Gasteiger partial charge in [0.1, 0.15) is 5.60 Å². The van der Waals surface area contributed by atoms with E-state index in [9.17, 15) is 14.4 Å². The van der Waals surface area contributed by atoms with Crippen molar-refractivity contribution >= 4 is 17.7 Å². The molecule has 1 aliphatic heterocycles. The van der Waals surface area contributed by atoms with Crippen molar-refractivity contribution in [2.75, 3.05) is 59.8 Å². The third-order valence-electron chi connectivity index (χ3n) is 5.72. The van der Waals surface area contributed by atoms with Gasteiger partial charge in [0.15, 0.2) is 0 Å². The molecular weight excluding hydrogens is 454 g/mol. The number of hydrogen-bond acceptors (Lipinski definition) is 7. The third-order valence-corrected chi connectivity index (χ3v) is 5.72. The van der Waals surface area contributed by atoms with Gasteiger partial charge in [0.05, 0.1) is 39.1 Å². The van der Waals surface area contributed by atoms with E-state index >= 15 is 0 Å². The van der Waals surface area contributed by atoms with Crippen LogP contribution in [-0.2, 0) is 33.3 Å². The van der Waals surface area contributed by atoms with Gasteiger partial charge >= 0.3 is 0 Å². The molecule has 3 amide bonds. The monoisotopic (exact) mass is 497 g/mol. The average Bonchev–Trinajstić information content (AvgIpc) is 3.15. The first kappa shape index (κ1) is 30.8. The molecule has 0 bridgehead atoms. The molecule has 10 nitrogen and oxygen atoms in total. The number of nitrogens with zero attached hydrogens (tertiary/aromatic N) is 1. The maximum absolute atomic E-state index is 12.3. The lowest BCUT2D eigenvalue weighted by atomic mass is 10.1. The topological polar surface area (TPSA) is 115 Å². The molecule has 0 saturated carbocycles. The highest BCUT2D eigenvalue weighted by molar-refractivity contribution is 5.93. The van der Waals surface area contributed by atoms with Gasteiger partial charge in [-0.15, -0.1) is 0 Å². The zero-order valence-corrected chi connectivity index (χ0v) is 21.9. The Morgan fingerprint density at radius 3 is 2.26 bits per heavy atom. The number of carbonyl (C=O) groups excluding carboxylic acids is 3. The van der Waals surface area contributed by atoms with Crippen LogP contribution in [0, 0.1) is 5.92 Å². The smallest absolute Gasteiger partial charge is 0.251 e. The minimum absolute atomic E-state index is 0.0534. The average molecular weight is 498 g/mol. The number of hydrogen-bond donors (Lipinski definition) is 2. The van der Waals surface area contributed by atoms with E-state index in [1.165, 1.54) is 6.08 Å².